The van der Waals surface area contributed by atoms with Crippen LogP contribution >= 0.6 is 0 Å². The van der Waals surface area contributed by atoms with Crippen molar-refractivity contribution in [2.75, 3.05) is 13.2 Å². The minimum Gasteiger partial charge on any atom is -0.462 e. The molecule has 71 heavy (non-hydrogen) atoms. The number of rotatable bonds is 51. The Balaban J connectivity index is 4.40. The summed E-state index contributed by atoms with van der Waals surface area (Å²) in [5.41, 5.74) is 0. The van der Waals surface area contributed by atoms with E-state index in [-0.39, 0.29) is 31.1 Å². The van der Waals surface area contributed by atoms with Gasteiger partial charge in [0.2, 0.25) is 0 Å². The zero-order valence-corrected chi connectivity index (χ0v) is 45.9. The molecule has 1 unspecified atom stereocenters. The fraction of sp³-hybridized carbons (Fsp3) is 0.646. The van der Waals surface area contributed by atoms with Gasteiger partial charge in [-0.2, -0.15) is 0 Å². The van der Waals surface area contributed by atoms with E-state index in [1.807, 2.05) is 0 Å². The van der Waals surface area contributed by atoms with Gasteiger partial charge in [-0.05, 0) is 128 Å². The molecule has 6 nitrogen and oxygen atoms in total. The van der Waals surface area contributed by atoms with E-state index in [1.54, 1.807) is 0 Å². The highest BCUT2D eigenvalue weighted by atomic mass is 16.6. The Hall–Kier alpha value is -4.19. The molecule has 0 heterocycles. The number of carbonyl (C=O) groups is 3. The summed E-state index contributed by atoms with van der Waals surface area (Å²) in [5.74, 6) is -0.969. The third-order valence-corrected chi connectivity index (χ3v) is 11.9. The number of unbranched alkanes of at least 4 members (excludes halogenated alkanes) is 20. The number of hydrogen-bond acceptors (Lipinski definition) is 6. The van der Waals surface area contributed by atoms with Crippen LogP contribution in [0, 0.1) is 0 Å². The van der Waals surface area contributed by atoms with Crippen LogP contribution in [0.2, 0.25) is 0 Å². The van der Waals surface area contributed by atoms with Crippen molar-refractivity contribution in [1.82, 2.24) is 0 Å². The number of esters is 3. The lowest BCUT2D eigenvalue weighted by Crippen LogP contribution is -2.30. The van der Waals surface area contributed by atoms with E-state index in [0.717, 1.165) is 135 Å². The fourth-order valence-electron chi connectivity index (χ4n) is 7.57. The molecule has 1 atom stereocenters. The Labute approximate surface area is 437 Å². The second kappa shape index (κ2) is 58.4. The van der Waals surface area contributed by atoms with Gasteiger partial charge in [0.25, 0.3) is 0 Å². The van der Waals surface area contributed by atoms with Crippen molar-refractivity contribution in [3.8, 4) is 0 Å². The van der Waals surface area contributed by atoms with Crippen molar-refractivity contribution < 1.29 is 28.6 Å². The normalized spacial score (nSPS) is 13.0. The van der Waals surface area contributed by atoms with Gasteiger partial charge in [-0.3, -0.25) is 14.4 Å². The van der Waals surface area contributed by atoms with Crippen molar-refractivity contribution in [1.29, 1.82) is 0 Å². The van der Waals surface area contributed by atoms with E-state index in [9.17, 15) is 14.4 Å². The summed E-state index contributed by atoms with van der Waals surface area (Å²) >= 11 is 0. The lowest BCUT2D eigenvalue weighted by atomic mass is 10.1. The van der Waals surface area contributed by atoms with E-state index in [1.165, 1.54) is 70.6 Å². The molecule has 0 spiro atoms. The van der Waals surface area contributed by atoms with Gasteiger partial charge >= 0.3 is 17.9 Å². The van der Waals surface area contributed by atoms with E-state index in [0.29, 0.717) is 25.7 Å². The summed E-state index contributed by atoms with van der Waals surface area (Å²) in [6.07, 6.45) is 80.6. The molecule has 0 fully saturated rings. The predicted octanol–water partition coefficient (Wildman–Crippen LogP) is 19.6. The Kier molecular flexibility index (Phi) is 54.9. The summed E-state index contributed by atoms with van der Waals surface area (Å²) < 4.78 is 16.8. The first-order chi connectivity index (χ1) is 35.0. The first-order valence-electron chi connectivity index (χ1n) is 29.0. The quantitative estimate of drug-likeness (QED) is 0.0261. The molecule has 0 aliphatic rings. The minimum absolute atomic E-state index is 0.102. The van der Waals surface area contributed by atoms with Gasteiger partial charge in [0.15, 0.2) is 6.10 Å². The zero-order chi connectivity index (χ0) is 51.4. The van der Waals surface area contributed by atoms with E-state index < -0.39 is 6.10 Å². The highest BCUT2D eigenvalue weighted by Gasteiger charge is 2.19. The first-order valence-corrected chi connectivity index (χ1v) is 29.0. The fourth-order valence-corrected chi connectivity index (χ4v) is 7.57. The number of carbonyl (C=O) groups excluding carboxylic acids is 3. The van der Waals surface area contributed by atoms with Crippen LogP contribution in [-0.2, 0) is 28.6 Å². The molecule has 0 aromatic rings. The molecule has 0 saturated heterocycles. The second-order valence-electron chi connectivity index (χ2n) is 18.8. The maximum atomic E-state index is 12.8. The molecule has 0 N–H and O–H groups in total. The van der Waals surface area contributed by atoms with Crippen molar-refractivity contribution in [3.63, 3.8) is 0 Å². The number of ether oxygens (including phenoxy) is 3. The van der Waals surface area contributed by atoms with Crippen LogP contribution < -0.4 is 0 Å². The zero-order valence-electron chi connectivity index (χ0n) is 45.9. The van der Waals surface area contributed by atoms with Crippen LogP contribution in [0.25, 0.3) is 0 Å². The van der Waals surface area contributed by atoms with Gasteiger partial charge in [0.1, 0.15) is 13.2 Å². The average Bonchev–Trinajstić information content (AvgIpc) is 3.37. The third-order valence-electron chi connectivity index (χ3n) is 11.9. The van der Waals surface area contributed by atoms with Crippen molar-refractivity contribution >= 4 is 17.9 Å². The van der Waals surface area contributed by atoms with Crippen molar-refractivity contribution in [2.24, 2.45) is 0 Å². The van der Waals surface area contributed by atoms with E-state index in [2.05, 4.69) is 142 Å². The lowest BCUT2D eigenvalue weighted by Gasteiger charge is -2.18. The first kappa shape index (κ1) is 66.8. The largest absolute Gasteiger partial charge is 0.462 e. The molecule has 0 bridgehead atoms. The maximum Gasteiger partial charge on any atom is 0.306 e. The molecule has 0 aromatic heterocycles. The Morgan fingerprint density at radius 1 is 0.296 bits per heavy atom. The summed E-state index contributed by atoms with van der Waals surface area (Å²) in [4.78, 5) is 38.1. The molecule has 0 aromatic carbocycles. The number of allylic oxidation sites excluding steroid dienone is 20. The monoisotopic (exact) mass is 983 g/mol. The SMILES string of the molecule is CC/C=C\C/C=C\C/C=C\C/C=C\C/C=C\C/C=C\C/C=C\C/C=C\CCCCC(=O)OCC(COC(=O)CCCCCCC/C=C\CCC)OC(=O)CCCCCCC/C=C\CCCCCCCCC. The summed E-state index contributed by atoms with van der Waals surface area (Å²) in [7, 11) is 0. The Morgan fingerprint density at radius 2 is 0.577 bits per heavy atom. The van der Waals surface area contributed by atoms with Crippen LogP contribution in [-0.4, -0.2) is 37.2 Å². The van der Waals surface area contributed by atoms with Crippen molar-refractivity contribution in [2.45, 2.75) is 258 Å². The summed E-state index contributed by atoms with van der Waals surface area (Å²) in [6.45, 7) is 6.40. The Morgan fingerprint density at radius 3 is 0.958 bits per heavy atom. The van der Waals surface area contributed by atoms with Crippen LogP contribution in [0.1, 0.15) is 252 Å². The van der Waals surface area contributed by atoms with Gasteiger partial charge in [-0.25, -0.2) is 0 Å². The molecule has 0 aliphatic carbocycles. The highest BCUT2D eigenvalue weighted by molar-refractivity contribution is 5.71. The lowest BCUT2D eigenvalue weighted by molar-refractivity contribution is -0.167. The van der Waals surface area contributed by atoms with Crippen LogP contribution in [0.15, 0.2) is 122 Å². The van der Waals surface area contributed by atoms with E-state index >= 15 is 0 Å². The maximum absolute atomic E-state index is 12.8. The second-order valence-corrected chi connectivity index (χ2v) is 18.8. The van der Waals surface area contributed by atoms with E-state index in [4.69, 9.17) is 14.2 Å². The average molecular weight is 984 g/mol. The van der Waals surface area contributed by atoms with Gasteiger partial charge in [0.05, 0.1) is 0 Å². The van der Waals surface area contributed by atoms with Gasteiger partial charge in [-0.1, -0.05) is 226 Å². The van der Waals surface area contributed by atoms with Gasteiger partial charge in [-0.15, -0.1) is 0 Å². The molecule has 402 valence electrons. The smallest absolute Gasteiger partial charge is 0.306 e. The minimum atomic E-state index is -0.806. The molecule has 6 heteroatoms. The molecule has 0 rings (SSSR count). The summed E-state index contributed by atoms with van der Waals surface area (Å²) in [6, 6.07) is 0. The molecule has 0 saturated carbocycles. The van der Waals surface area contributed by atoms with Crippen LogP contribution in [0.3, 0.4) is 0 Å². The van der Waals surface area contributed by atoms with Gasteiger partial charge < -0.3 is 14.2 Å². The Bertz CT molecular complexity index is 1500. The number of hydrogen-bond donors (Lipinski definition) is 0. The molecule has 0 radical (unpaired) electrons. The molecular formula is C65H106O6. The van der Waals surface area contributed by atoms with Gasteiger partial charge in [0, 0.05) is 19.3 Å². The molecule has 0 aliphatic heterocycles. The topological polar surface area (TPSA) is 78.9 Å². The van der Waals surface area contributed by atoms with Crippen LogP contribution in [0.4, 0.5) is 0 Å². The third kappa shape index (κ3) is 56.6. The molecular weight excluding hydrogens is 877 g/mol. The highest BCUT2D eigenvalue weighted by Crippen LogP contribution is 2.13. The predicted molar refractivity (Wildman–Crippen MR) is 306 cm³/mol. The standard InChI is InChI=1S/C65H106O6/c1-4-7-10-13-16-19-22-24-26-28-29-30-31-32-33-34-35-36-37-38-40-41-43-46-49-52-55-58-64(67)70-61-62(60-69-63(66)57-54-51-48-45-21-18-15-12-9-6-3)71-65(68)59-56-53-50-47-44-42-39-27-25-23-20-17-14-11-8-5-2/h7,10,12,15-16,19,24,26-27,29-30,32-33,35-36,38-40,43,46,62H,4-6,8-9,11,13-14,17-18,20-23,25,28,31,34,37,41-42,44-45,47-61H2,1-3H3/b10-7-,15-12-,19-16-,26-24-,30-29-,33-32-,36-35-,39-27-,40-38-,46-43-. The van der Waals surface area contributed by atoms with Crippen molar-refractivity contribution in [3.05, 3.63) is 122 Å². The summed E-state index contributed by atoms with van der Waals surface area (Å²) in [5, 5.41) is 0. The molecule has 0 amide bonds. The van der Waals surface area contributed by atoms with Crippen LogP contribution in [0.5, 0.6) is 0 Å².